The molecule has 2 saturated heterocycles. The molecule has 0 aromatic heterocycles. The van der Waals surface area contributed by atoms with Gasteiger partial charge in [0.25, 0.3) is 0 Å². The van der Waals surface area contributed by atoms with E-state index in [4.69, 9.17) is 4.74 Å². The standard InChI is InChI=1S/C12H15NO.C12H15N.CH4/c1-2-4-10(5-3-1)8-13-7-6-11-12(9-13)14-11;1-3-7-12(8-4-1)11-13-9-5-2-6-10-13;/h1-5,11-12H,6-9H2;1-5,7-8H,6,9-11H2;1H4. The van der Waals surface area contributed by atoms with Crippen molar-refractivity contribution < 1.29 is 4.74 Å². The number of hydrogen-bond acceptors (Lipinski definition) is 3. The van der Waals surface area contributed by atoms with Crippen LogP contribution >= 0.6 is 0 Å². The molecular weight excluding hydrogens is 344 g/mol. The maximum atomic E-state index is 5.50. The van der Waals surface area contributed by atoms with Crippen LogP contribution in [-0.2, 0) is 17.8 Å². The van der Waals surface area contributed by atoms with E-state index < -0.39 is 0 Å². The van der Waals surface area contributed by atoms with Gasteiger partial charge in [0.15, 0.2) is 0 Å². The molecule has 2 aromatic carbocycles. The van der Waals surface area contributed by atoms with Crippen LogP contribution in [0, 0.1) is 0 Å². The molecule has 0 radical (unpaired) electrons. The number of epoxide rings is 1. The van der Waals surface area contributed by atoms with Crippen molar-refractivity contribution in [2.75, 3.05) is 26.2 Å². The lowest BCUT2D eigenvalue weighted by molar-refractivity contribution is 0.237. The van der Waals surface area contributed by atoms with Crippen molar-refractivity contribution in [3.63, 3.8) is 0 Å². The minimum absolute atomic E-state index is 0. The molecule has 0 aliphatic carbocycles. The maximum Gasteiger partial charge on any atom is 0.0969 e. The minimum Gasteiger partial charge on any atom is -0.368 e. The number of ether oxygens (including phenoxy) is 1. The van der Waals surface area contributed by atoms with E-state index in [0.29, 0.717) is 12.2 Å². The second-order valence-electron chi connectivity index (χ2n) is 7.70. The molecule has 2 unspecified atom stereocenters. The summed E-state index contributed by atoms with van der Waals surface area (Å²) in [5.74, 6) is 0. The topological polar surface area (TPSA) is 19.0 Å². The summed E-state index contributed by atoms with van der Waals surface area (Å²) in [7, 11) is 0. The molecule has 0 saturated carbocycles. The van der Waals surface area contributed by atoms with Crippen LogP contribution in [0.25, 0.3) is 0 Å². The third kappa shape index (κ3) is 6.30. The van der Waals surface area contributed by atoms with Crippen LogP contribution < -0.4 is 0 Å². The Morgan fingerprint density at radius 3 is 1.96 bits per heavy atom. The Labute approximate surface area is 170 Å². The number of fused-ring (bicyclic) bond motifs is 1. The van der Waals surface area contributed by atoms with Gasteiger partial charge in [0.05, 0.1) is 12.2 Å². The molecule has 3 aliphatic heterocycles. The lowest BCUT2D eigenvalue weighted by Gasteiger charge is -2.23. The summed E-state index contributed by atoms with van der Waals surface area (Å²) < 4.78 is 5.50. The number of hydrogen-bond donors (Lipinski definition) is 0. The second-order valence-corrected chi connectivity index (χ2v) is 7.70. The first-order chi connectivity index (χ1) is 13.4. The van der Waals surface area contributed by atoms with E-state index in [-0.39, 0.29) is 7.43 Å². The van der Waals surface area contributed by atoms with E-state index in [0.717, 1.165) is 26.2 Å². The van der Waals surface area contributed by atoms with Crippen molar-refractivity contribution in [3.05, 3.63) is 83.9 Å². The second kappa shape index (κ2) is 10.6. The maximum absolute atomic E-state index is 5.50. The third-order valence-corrected chi connectivity index (χ3v) is 5.50. The van der Waals surface area contributed by atoms with E-state index in [1.54, 1.807) is 0 Å². The summed E-state index contributed by atoms with van der Waals surface area (Å²) in [4.78, 5) is 4.96. The Morgan fingerprint density at radius 2 is 1.39 bits per heavy atom. The zero-order valence-electron chi connectivity index (χ0n) is 16.0. The first kappa shape index (κ1) is 20.8. The highest BCUT2D eigenvalue weighted by Gasteiger charge is 2.42. The molecule has 3 aliphatic rings. The molecule has 0 spiro atoms. The molecule has 0 amide bonds. The predicted molar refractivity (Wildman–Crippen MR) is 117 cm³/mol. The molecule has 3 heteroatoms. The monoisotopic (exact) mass is 378 g/mol. The fourth-order valence-corrected chi connectivity index (χ4v) is 3.91. The lowest BCUT2D eigenvalue weighted by atomic mass is 10.1. The fraction of sp³-hybridized carbons (Fsp3) is 0.440. The van der Waals surface area contributed by atoms with Crippen LogP contribution in [0.2, 0.25) is 0 Å². The fourth-order valence-electron chi connectivity index (χ4n) is 3.91. The molecular formula is C25H34N2O. The van der Waals surface area contributed by atoms with Crippen molar-refractivity contribution in [1.29, 1.82) is 0 Å². The van der Waals surface area contributed by atoms with Gasteiger partial charge in [0.2, 0.25) is 0 Å². The van der Waals surface area contributed by atoms with Crippen molar-refractivity contribution in [3.8, 4) is 0 Å². The average Bonchev–Trinajstić information content (AvgIpc) is 3.50. The Balaban J connectivity index is 0.000000156. The summed E-state index contributed by atoms with van der Waals surface area (Å²) in [6.45, 7) is 6.79. The van der Waals surface area contributed by atoms with Gasteiger partial charge in [-0.25, -0.2) is 0 Å². The molecule has 150 valence electrons. The van der Waals surface area contributed by atoms with Gasteiger partial charge in [-0.15, -0.1) is 0 Å². The molecule has 0 N–H and O–H groups in total. The van der Waals surface area contributed by atoms with Gasteiger partial charge in [0.1, 0.15) is 0 Å². The highest BCUT2D eigenvalue weighted by molar-refractivity contribution is 5.15. The Hall–Kier alpha value is -1.94. The van der Waals surface area contributed by atoms with E-state index >= 15 is 0 Å². The summed E-state index contributed by atoms with van der Waals surface area (Å²) in [6, 6.07) is 21.3. The Kier molecular flexibility index (Phi) is 7.84. The van der Waals surface area contributed by atoms with Crippen molar-refractivity contribution >= 4 is 0 Å². The predicted octanol–water partition coefficient (Wildman–Crippen LogP) is 4.74. The number of benzene rings is 2. The number of nitrogens with zero attached hydrogens (tertiary/aromatic N) is 2. The van der Waals surface area contributed by atoms with Gasteiger partial charge >= 0.3 is 0 Å². The van der Waals surface area contributed by atoms with Crippen LogP contribution in [0.15, 0.2) is 72.8 Å². The van der Waals surface area contributed by atoms with Crippen molar-refractivity contribution in [1.82, 2.24) is 9.80 Å². The van der Waals surface area contributed by atoms with Crippen LogP contribution in [-0.4, -0.2) is 48.2 Å². The van der Waals surface area contributed by atoms with Gasteiger partial charge < -0.3 is 4.74 Å². The van der Waals surface area contributed by atoms with Crippen LogP contribution in [0.4, 0.5) is 0 Å². The smallest absolute Gasteiger partial charge is 0.0969 e. The van der Waals surface area contributed by atoms with E-state index in [1.165, 1.54) is 37.1 Å². The third-order valence-electron chi connectivity index (χ3n) is 5.50. The van der Waals surface area contributed by atoms with Crippen LogP contribution in [0.1, 0.15) is 31.4 Å². The number of piperidine rings is 1. The van der Waals surface area contributed by atoms with E-state index in [1.807, 2.05) is 0 Å². The van der Waals surface area contributed by atoms with Crippen molar-refractivity contribution in [2.45, 2.75) is 45.6 Å². The summed E-state index contributed by atoms with van der Waals surface area (Å²) in [6.07, 6.45) is 8.09. The zero-order valence-corrected chi connectivity index (χ0v) is 16.0. The van der Waals surface area contributed by atoms with E-state index in [9.17, 15) is 0 Å². The highest BCUT2D eigenvalue weighted by atomic mass is 16.6. The summed E-state index contributed by atoms with van der Waals surface area (Å²) in [5, 5.41) is 0. The lowest BCUT2D eigenvalue weighted by Crippen LogP contribution is -2.33. The first-order valence-electron chi connectivity index (χ1n) is 10.2. The molecule has 2 aromatic rings. The quantitative estimate of drug-likeness (QED) is 0.565. The van der Waals surface area contributed by atoms with Crippen molar-refractivity contribution in [2.24, 2.45) is 0 Å². The van der Waals surface area contributed by atoms with Crippen LogP contribution in [0.3, 0.4) is 0 Å². The summed E-state index contributed by atoms with van der Waals surface area (Å²) in [5.41, 5.74) is 2.82. The molecule has 2 atom stereocenters. The number of likely N-dealkylation sites (tertiary alicyclic amines) is 1. The van der Waals surface area contributed by atoms with Gasteiger partial charge in [-0.2, -0.15) is 0 Å². The molecule has 28 heavy (non-hydrogen) atoms. The first-order valence-corrected chi connectivity index (χ1v) is 10.2. The summed E-state index contributed by atoms with van der Waals surface area (Å²) >= 11 is 0. The van der Waals surface area contributed by atoms with Crippen LogP contribution in [0.5, 0.6) is 0 Å². The molecule has 5 rings (SSSR count). The molecule has 2 fully saturated rings. The SMILES string of the molecule is C.C1=CCN(Cc2ccccc2)CC1.c1ccc(CN2CCC3OC3C2)cc1. The molecule has 0 bridgehead atoms. The molecule has 3 heterocycles. The average molecular weight is 379 g/mol. The largest absolute Gasteiger partial charge is 0.368 e. The Bertz CT molecular complexity index is 716. The van der Waals surface area contributed by atoms with Gasteiger partial charge in [-0.05, 0) is 24.0 Å². The zero-order chi connectivity index (χ0) is 18.3. The minimum atomic E-state index is 0. The normalized spacial score (nSPS) is 23.7. The number of rotatable bonds is 4. The highest BCUT2D eigenvalue weighted by Crippen LogP contribution is 2.31. The van der Waals surface area contributed by atoms with Gasteiger partial charge in [0, 0.05) is 39.3 Å². The Morgan fingerprint density at radius 1 is 0.750 bits per heavy atom. The molecule has 3 nitrogen and oxygen atoms in total. The van der Waals surface area contributed by atoms with Gasteiger partial charge in [-0.1, -0.05) is 80.2 Å². The van der Waals surface area contributed by atoms with Gasteiger partial charge in [-0.3, -0.25) is 9.80 Å². The van der Waals surface area contributed by atoms with E-state index in [2.05, 4.69) is 82.6 Å².